The predicted octanol–water partition coefficient (Wildman–Crippen LogP) is -1.92. The van der Waals surface area contributed by atoms with Gasteiger partial charge in [0.2, 0.25) is 0 Å². The van der Waals surface area contributed by atoms with Crippen molar-refractivity contribution in [2.24, 2.45) is 0 Å². The fourth-order valence-corrected chi connectivity index (χ4v) is 1.41. The van der Waals surface area contributed by atoms with Gasteiger partial charge in [-0.2, -0.15) is 5.26 Å². The molecule has 0 aliphatic heterocycles. The molecule has 0 heterocycles. The number of nitrogens with zero attached hydrogens (tertiary/aromatic N) is 1. The monoisotopic (exact) mass is 221 g/mol. The summed E-state index contributed by atoms with van der Waals surface area (Å²) in [6.45, 7) is 0. The Morgan fingerprint density at radius 1 is 1.57 bits per heavy atom. The maximum atomic E-state index is 12.6. The van der Waals surface area contributed by atoms with E-state index in [0.717, 1.165) is 12.1 Å². The van der Waals surface area contributed by atoms with Crippen LogP contribution in [0.2, 0.25) is 0 Å². The summed E-state index contributed by atoms with van der Waals surface area (Å²) in [4.78, 5) is 0. The number of nitriles is 1. The molecule has 68 valence electrons. The van der Waals surface area contributed by atoms with Crippen LogP contribution >= 0.6 is 0 Å². The first-order chi connectivity index (χ1) is 6.13. The molecule has 0 saturated carbocycles. The van der Waals surface area contributed by atoms with Crippen LogP contribution in [0.25, 0.3) is 0 Å². The molecule has 0 aliphatic rings. The quantitative estimate of drug-likeness (QED) is 0.432. The van der Waals surface area contributed by atoms with Gasteiger partial charge in [-0.3, -0.25) is 4.21 Å². The summed E-state index contributed by atoms with van der Waals surface area (Å²) in [5.41, 5.74) is 0.376. The maximum Gasteiger partial charge on any atom is 1.00 e. The van der Waals surface area contributed by atoms with Crippen LogP contribution in [0.15, 0.2) is 18.2 Å². The van der Waals surface area contributed by atoms with Crippen molar-refractivity contribution in [1.29, 1.82) is 5.26 Å². The second-order valence-electron chi connectivity index (χ2n) is 2.36. The molecular formula is C8H5FNNaO2S. The van der Waals surface area contributed by atoms with E-state index in [-0.39, 0.29) is 40.9 Å². The standard InChI is InChI=1S/C8H6FNO2S.Na/c9-8-2-1-6(5-13(11)12)7(3-8)4-10;/h1-3H,5H2,(H,11,12);/q;+1/p-1. The van der Waals surface area contributed by atoms with Crippen LogP contribution in [0.3, 0.4) is 0 Å². The van der Waals surface area contributed by atoms with Crippen molar-refractivity contribution in [2.75, 3.05) is 0 Å². The Bertz CT molecular complexity index is 391. The van der Waals surface area contributed by atoms with Crippen molar-refractivity contribution in [1.82, 2.24) is 0 Å². The molecule has 0 bridgehead atoms. The van der Waals surface area contributed by atoms with Crippen molar-refractivity contribution < 1.29 is 42.7 Å². The van der Waals surface area contributed by atoms with Gasteiger partial charge in [-0.25, -0.2) is 4.39 Å². The molecule has 3 nitrogen and oxygen atoms in total. The first-order valence-electron chi connectivity index (χ1n) is 3.38. The largest absolute Gasteiger partial charge is 1.00 e. The zero-order valence-corrected chi connectivity index (χ0v) is 10.3. The minimum absolute atomic E-state index is 0. The average molecular weight is 221 g/mol. The Hall–Kier alpha value is -0.250. The van der Waals surface area contributed by atoms with E-state index in [0.29, 0.717) is 5.56 Å². The molecule has 0 aromatic heterocycles. The fourth-order valence-electron chi connectivity index (χ4n) is 0.906. The molecule has 1 unspecified atom stereocenters. The van der Waals surface area contributed by atoms with Gasteiger partial charge in [0, 0.05) is 5.75 Å². The molecule has 0 spiro atoms. The van der Waals surface area contributed by atoms with Gasteiger partial charge >= 0.3 is 29.6 Å². The topological polar surface area (TPSA) is 63.9 Å². The van der Waals surface area contributed by atoms with Gasteiger partial charge in [-0.15, -0.1) is 0 Å². The Balaban J connectivity index is 0.00000169. The van der Waals surface area contributed by atoms with Crippen LogP contribution in [0.4, 0.5) is 4.39 Å². The van der Waals surface area contributed by atoms with Gasteiger partial charge in [-0.1, -0.05) is 17.1 Å². The molecule has 0 fully saturated rings. The molecule has 0 saturated heterocycles. The molecule has 0 N–H and O–H groups in total. The fraction of sp³-hybridized carbons (Fsp3) is 0.125. The molecular weight excluding hydrogens is 216 g/mol. The molecule has 1 atom stereocenters. The molecule has 0 amide bonds. The first-order valence-corrected chi connectivity index (χ1v) is 4.62. The minimum Gasteiger partial charge on any atom is -0.772 e. The molecule has 0 aliphatic carbocycles. The second kappa shape index (κ2) is 6.27. The summed E-state index contributed by atoms with van der Waals surface area (Å²) in [5.74, 6) is -0.805. The van der Waals surface area contributed by atoms with Crippen LogP contribution in [-0.4, -0.2) is 8.76 Å². The number of benzene rings is 1. The normalized spacial score (nSPS) is 11.2. The van der Waals surface area contributed by atoms with E-state index >= 15 is 0 Å². The van der Waals surface area contributed by atoms with E-state index < -0.39 is 16.9 Å². The minimum atomic E-state index is -2.26. The van der Waals surface area contributed by atoms with Crippen molar-refractivity contribution in [3.63, 3.8) is 0 Å². The average Bonchev–Trinajstić information content (AvgIpc) is 2.07. The number of hydrogen-bond donors (Lipinski definition) is 0. The van der Waals surface area contributed by atoms with Crippen LogP contribution in [0.1, 0.15) is 11.1 Å². The van der Waals surface area contributed by atoms with Crippen LogP contribution in [0.5, 0.6) is 0 Å². The molecule has 1 aromatic carbocycles. The third-order valence-corrected chi connectivity index (χ3v) is 2.01. The summed E-state index contributed by atoms with van der Waals surface area (Å²) in [6.07, 6.45) is 0. The van der Waals surface area contributed by atoms with Gasteiger partial charge in [0.05, 0.1) is 11.6 Å². The first kappa shape index (κ1) is 13.8. The van der Waals surface area contributed by atoms with E-state index in [1.165, 1.54) is 6.07 Å². The van der Waals surface area contributed by atoms with Gasteiger partial charge in [-0.05, 0) is 17.7 Å². The van der Waals surface area contributed by atoms with Crippen molar-refractivity contribution in [3.05, 3.63) is 35.1 Å². The number of hydrogen-bond acceptors (Lipinski definition) is 3. The zero-order valence-electron chi connectivity index (χ0n) is 7.49. The SMILES string of the molecule is N#Cc1cc(F)ccc1CS(=O)[O-].[Na+]. The van der Waals surface area contributed by atoms with Crippen molar-refractivity contribution in [3.8, 4) is 6.07 Å². The maximum absolute atomic E-state index is 12.6. The Morgan fingerprint density at radius 2 is 2.21 bits per heavy atom. The van der Waals surface area contributed by atoms with Crippen LogP contribution < -0.4 is 29.6 Å². The zero-order chi connectivity index (χ0) is 9.84. The number of rotatable bonds is 2. The Morgan fingerprint density at radius 3 is 2.71 bits per heavy atom. The predicted molar refractivity (Wildman–Crippen MR) is 43.7 cm³/mol. The van der Waals surface area contributed by atoms with Crippen molar-refractivity contribution in [2.45, 2.75) is 5.75 Å². The molecule has 1 aromatic rings. The summed E-state index contributed by atoms with van der Waals surface area (Å²) in [7, 11) is 0. The van der Waals surface area contributed by atoms with Crippen LogP contribution in [0, 0.1) is 17.1 Å². The van der Waals surface area contributed by atoms with E-state index in [2.05, 4.69) is 0 Å². The molecule has 0 radical (unpaired) electrons. The molecule has 6 heteroatoms. The van der Waals surface area contributed by atoms with Crippen LogP contribution in [-0.2, 0) is 16.8 Å². The third kappa shape index (κ3) is 3.86. The van der Waals surface area contributed by atoms with Gasteiger partial charge in [0.1, 0.15) is 5.82 Å². The third-order valence-electron chi connectivity index (χ3n) is 1.47. The Kier molecular flexibility index (Phi) is 6.16. The van der Waals surface area contributed by atoms with Crippen molar-refractivity contribution >= 4 is 11.1 Å². The second-order valence-corrected chi connectivity index (χ2v) is 3.26. The molecule has 1 rings (SSSR count). The smallest absolute Gasteiger partial charge is 0.772 e. The van der Waals surface area contributed by atoms with Gasteiger partial charge < -0.3 is 4.55 Å². The summed E-state index contributed by atoms with van der Waals surface area (Å²) in [5, 5.41) is 8.54. The number of halogens is 1. The Labute approximate surface area is 106 Å². The van der Waals surface area contributed by atoms with Gasteiger partial charge in [0.25, 0.3) is 0 Å². The molecule has 14 heavy (non-hydrogen) atoms. The van der Waals surface area contributed by atoms with E-state index in [1.807, 2.05) is 0 Å². The summed E-state index contributed by atoms with van der Waals surface area (Å²) >= 11 is -2.26. The van der Waals surface area contributed by atoms with E-state index in [4.69, 9.17) is 5.26 Å². The summed E-state index contributed by atoms with van der Waals surface area (Å²) in [6, 6.07) is 5.17. The van der Waals surface area contributed by atoms with Gasteiger partial charge in [0.15, 0.2) is 0 Å². The van der Waals surface area contributed by atoms with E-state index in [1.54, 1.807) is 6.07 Å². The van der Waals surface area contributed by atoms with E-state index in [9.17, 15) is 13.2 Å². The summed E-state index contributed by atoms with van der Waals surface area (Å²) < 4.78 is 33.2.